The summed E-state index contributed by atoms with van der Waals surface area (Å²) in [5.41, 5.74) is -0.481. The van der Waals surface area contributed by atoms with Crippen molar-refractivity contribution >= 4 is 47.8 Å². The molecule has 0 unspecified atom stereocenters. The molecule has 148 valence electrons. The van der Waals surface area contributed by atoms with Crippen molar-refractivity contribution < 1.29 is 14.3 Å². The van der Waals surface area contributed by atoms with E-state index < -0.39 is 11.7 Å². The highest BCUT2D eigenvalue weighted by Gasteiger charge is 2.31. The van der Waals surface area contributed by atoms with Gasteiger partial charge in [-0.2, -0.15) is 11.8 Å². The first kappa shape index (κ1) is 24.6. The van der Waals surface area contributed by atoms with Crippen molar-refractivity contribution in [1.82, 2.24) is 16.0 Å². The van der Waals surface area contributed by atoms with Crippen LogP contribution >= 0.6 is 35.7 Å². The molecule has 0 radical (unpaired) electrons. The van der Waals surface area contributed by atoms with Gasteiger partial charge in [-0.15, -0.1) is 24.0 Å². The van der Waals surface area contributed by atoms with Crippen molar-refractivity contribution in [3.05, 3.63) is 0 Å². The van der Waals surface area contributed by atoms with E-state index in [0.29, 0.717) is 13.1 Å². The van der Waals surface area contributed by atoms with Crippen LogP contribution in [-0.2, 0) is 9.47 Å². The fourth-order valence-electron chi connectivity index (χ4n) is 2.32. The van der Waals surface area contributed by atoms with Crippen molar-refractivity contribution in [3.63, 3.8) is 0 Å². The van der Waals surface area contributed by atoms with Crippen LogP contribution in [0.15, 0.2) is 4.99 Å². The van der Waals surface area contributed by atoms with Gasteiger partial charge in [-0.05, 0) is 39.9 Å². The normalized spacial score (nSPS) is 17.2. The van der Waals surface area contributed by atoms with Crippen LogP contribution in [0.2, 0.25) is 0 Å². The summed E-state index contributed by atoms with van der Waals surface area (Å²) < 4.78 is 10.8. The Morgan fingerprint density at radius 1 is 1.20 bits per heavy atom. The standard InChI is InChI=1S/C16H32N4O3S.HI/c1-15(2,3)23-14(21)19-9-8-18-13(17-4)20-12-16(24-5)6-10-22-11-7-16;/h6-12H2,1-5H3,(H,19,21)(H2,17,18,20);1H. The number of hydrogen-bond donors (Lipinski definition) is 3. The van der Waals surface area contributed by atoms with Gasteiger partial charge in [0.05, 0.1) is 0 Å². The molecular formula is C16H33IN4O3S. The van der Waals surface area contributed by atoms with Crippen molar-refractivity contribution in [2.24, 2.45) is 4.99 Å². The molecule has 0 aromatic rings. The summed E-state index contributed by atoms with van der Waals surface area (Å²) in [5, 5.41) is 9.29. The fraction of sp³-hybridized carbons (Fsp3) is 0.875. The Morgan fingerprint density at radius 2 is 1.80 bits per heavy atom. The third-order valence-electron chi connectivity index (χ3n) is 3.72. The van der Waals surface area contributed by atoms with E-state index in [4.69, 9.17) is 9.47 Å². The molecule has 1 aliphatic heterocycles. The zero-order chi connectivity index (χ0) is 18.1. The summed E-state index contributed by atoms with van der Waals surface area (Å²) in [6.07, 6.45) is 3.82. The summed E-state index contributed by atoms with van der Waals surface area (Å²) in [4.78, 5) is 15.8. The molecule has 3 N–H and O–H groups in total. The number of guanidine groups is 1. The van der Waals surface area contributed by atoms with Gasteiger partial charge in [0.2, 0.25) is 0 Å². The lowest BCUT2D eigenvalue weighted by atomic mass is 9.99. The van der Waals surface area contributed by atoms with E-state index in [9.17, 15) is 4.79 Å². The van der Waals surface area contributed by atoms with E-state index >= 15 is 0 Å². The highest BCUT2D eigenvalue weighted by Crippen LogP contribution is 2.32. The zero-order valence-corrected chi connectivity index (χ0v) is 19.1. The number of nitrogens with one attached hydrogen (secondary N) is 3. The number of nitrogens with zero attached hydrogens (tertiary/aromatic N) is 1. The molecule has 0 atom stereocenters. The highest BCUT2D eigenvalue weighted by atomic mass is 127. The molecule has 1 saturated heterocycles. The van der Waals surface area contributed by atoms with E-state index in [2.05, 4.69) is 27.2 Å². The minimum absolute atomic E-state index is 0. The number of halogens is 1. The number of amides is 1. The Labute approximate surface area is 172 Å². The fourth-order valence-corrected chi connectivity index (χ4v) is 3.11. The van der Waals surface area contributed by atoms with Crippen molar-refractivity contribution in [3.8, 4) is 0 Å². The average molecular weight is 488 g/mol. The quantitative estimate of drug-likeness (QED) is 0.230. The first-order valence-corrected chi connectivity index (χ1v) is 9.57. The molecule has 1 heterocycles. The second-order valence-corrected chi connectivity index (χ2v) is 8.05. The van der Waals surface area contributed by atoms with E-state index in [1.165, 1.54) is 0 Å². The summed E-state index contributed by atoms with van der Waals surface area (Å²) >= 11 is 1.88. The van der Waals surface area contributed by atoms with Crippen molar-refractivity contribution in [2.45, 2.75) is 44.0 Å². The maximum Gasteiger partial charge on any atom is 0.407 e. The van der Waals surface area contributed by atoms with Crippen molar-refractivity contribution in [1.29, 1.82) is 0 Å². The number of alkyl carbamates (subject to hydrolysis) is 1. The summed E-state index contributed by atoms with van der Waals surface area (Å²) in [7, 11) is 1.74. The number of rotatable bonds is 6. The molecule has 9 heteroatoms. The van der Waals surface area contributed by atoms with E-state index in [-0.39, 0.29) is 28.7 Å². The van der Waals surface area contributed by atoms with Gasteiger partial charge in [0, 0.05) is 44.6 Å². The second-order valence-electron chi connectivity index (χ2n) is 6.78. The molecule has 0 aliphatic carbocycles. The Hall–Kier alpha value is -0.420. The third-order valence-corrected chi connectivity index (χ3v) is 5.14. The first-order chi connectivity index (χ1) is 11.3. The largest absolute Gasteiger partial charge is 0.444 e. The lowest BCUT2D eigenvalue weighted by Gasteiger charge is -2.36. The lowest BCUT2D eigenvalue weighted by Crippen LogP contribution is -2.49. The van der Waals surface area contributed by atoms with Crippen LogP contribution in [0.1, 0.15) is 33.6 Å². The molecule has 7 nitrogen and oxygen atoms in total. The van der Waals surface area contributed by atoms with Gasteiger partial charge in [-0.1, -0.05) is 0 Å². The van der Waals surface area contributed by atoms with Gasteiger partial charge >= 0.3 is 6.09 Å². The number of carbonyl (C=O) groups excluding carboxylic acids is 1. The average Bonchev–Trinajstić information content (AvgIpc) is 2.53. The van der Waals surface area contributed by atoms with Crippen LogP contribution in [0, 0.1) is 0 Å². The minimum Gasteiger partial charge on any atom is -0.444 e. The van der Waals surface area contributed by atoms with Crippen LogP contribution in [0.25, 0.3) is 0 Å². The summed E-state index contributed by atoms with van der Waals surface area (Å²) in [6.45, 7) is 9.04. The Bertz CT molecular complexity index is 424. The van der Waals surface area contributed by atoms with Crippen LogP contribution < -0.4 is 16.0 Å². The number of ether oxygens (including phenoxy) is 2. The van der Waals surface area contributed by atoms with Crippen molar-refractivity contribution in [2.75, 3.05) is 46.2 Å². The van der Waals surface area contributed by atoms with Crippen LogP contribution in [0.5, 0.6) is 0 Å². The highest BCUT2D eigenvalue weighted by molar-refractivity contribution is 14.0. The summed E-state index contributed by atoms with van der Waals surface area (Å²) in [5.74, 6) is 0.737. The Morgan fingerprint density at radius 3 is 2.32 bits per heavy atom. The smallest absolute Gasteiger partial charge is 0.407 e. The molecule has 0 saturated carbocycles. The van der Waals surface area contributed by atoms with Gasteiger partial charge in [-0.25, -0.2) is 4.79 Å². The van der Waals surface area contributed by atoms with E-state index in [0.717, 1.165) is 38.6 Å². The van der Waals surface area contributed by atoms with E-state index in [1.807, 2.05) is 32.5 Å². The SMILES string of the molecule is CN=C(NCCNC(=O)OC(C)(C)C)NCC1(SC)CCOCC1.I. The topological polar surface area (TPSA) is 84.0 Å². The van der Waals surface area contributed by atoms with Gasteiger partial charge in [0.25, 0.3) is 0 Å². The third kappa shape index (κ3) is 10.3. The molecule has 0 spiro atoms. The second kappa shape index (κ2) is 12.1. The number of aliphatic imine (C=N–C) groups is 1. The predicted octanol–water partition coefficient (Wildman–Crippen LogP) is 2.21. The molecule has 0 bridgehead atoms. The monoisotopic (exact) mass is 488 g/mol. The molecule has 25 heavy (non-hydrogen) atoms. The predicted molar refractivity (Wildman–Crippen MR) is 115 cm³/mol. The maximum atomic E-state index is 11.6. The Kier molecular flexibility index (Phi) is 11.9. The van der Waals surface area contributed by atoms with Gasteiger partial charge < -0.3 is 25.4 Å². The number of carbonyl (C=O) groups is 1. The molecule has 1 amide bonds. The lowest BCUT2D eigenvalue weighted by molar-refractivity contribution is 0.0529. The molecular weight excluding hydrogens is 455 g/mol. The molecule has 1 rings (SSSR count). The number of hydrogen-bond acceptors (Lipinski definition) is 5. The van der Waals surface area contributed by atoms with Crippen LogP contribution in [0.4, 0.5) is 4.79 Å². The first-order valence-electron chi connectivity index (χ1n) is 8.34. The van der Waals surface area contributed by atoms with Gasteiger partial charge in [0.15, 0.2) is 5.96 Å². The Balaban J connectivity index is 0.00000576. The zero-order valence-electron chi connectivity index (χ0n) is 15.9. The number of thioether (sulfide) groups is 1. The van der Waals surface area contributed by atoms with Crippen LogP contribution in [0.3, 0.4) is 0 Å². The van der Waals surface area contributed by atoms with Gasteiger partial charge in [0.1, 0.15) is 5.60 Å². The molecule has 0 aromatic carbocycles. The maximum absolute atomic E-state index is 11.6. The van der Waals surface area contributed by atoms with Gasteiger partial charge in [-0.3, -0.25) is 4.99 Å². The van der Waals surface area contributed by atoms with Crippen LogP contribution in [-0.4, -0.2) is 68.6 Å². The molecule has 1 fully saturated rings. The molecule has 0 aromatic heterocycles. The minimum atomic E-state index is -0.481. The molecule has 1 aliphatic rings. The summed E-state index contributed by atoms with van der Waals surface area (Å²) in [6, 6.07) is 0. The van der Waals surface area contributed by atoms with E-state index in [1.54, 1.807) is 7.05 Å².